The van der Waals surface area contributed by atoms with Crippen molar-refractivity contribution in [2.75, 3.05) is 24.7 Å². The molecule has 0 saturated heterocycles. The lowest BCUT2D eigenvalue weighted by Gasteiger charge is -2.14. The quantitative estimate of drug-likeness (QED) is 0.366. The molecular formula is C22H23N5. The molecular weight excluding hydrogens is 334 g/mol. The number of para-hydroxylation sites is 1. The summed E-state index contributed by atoms with van der Waals surface area (Å²) in [6.45, 7) is 3.10. The Kier molecular flexibility index (Phi) is 4.28. The number of aryl methyl sites for hydroxylation is 1. The number of nitrogens with zero attached hydrogens (tertiary/aromatic N) is 4. The topological polar surface area (TPSA) is 58.9 Å². The molecule has 0 atom stereocenters. The minimum Gasteiger partial charge on any atom is -0.399 e. The van der Waals surface area contributed by atoms with E-state index in [1.807, 2.05) is 43.3 Å². The Morgan fingerprint density at radius 2 is 1.67 bits per heavy atom. The third-order valence-electron chi connectivity index (χ3n) is 4.83. The zero-order valence-corrected chi connectivity index (χ0v) is 15.8. The number of rotatable bonds is 4. The summed E-state index contributed by atoms with van der Waals surface area (Å²) >= 11 is 0. The van der Waals surface area contributed by atoms with Gasteiger partial charge in [0, 0.05) is 48.1 Å². The molecule has 0 fully saturated rings. The van der Waals surface area contributed by atoms with Crippen molar-refractivity contribution in [3.63, 3.8) is 0 Å². The molecule has 5 heteroatoms. The van der Waals surface area contributed by atoms with Crippen molar-refractivity contribution in [1.82, 2.24) is 4.57 Å². The van der Waals surface area contributed by atoms with E-state index in [4.69, 9.17) is 5.73 Å². The Hall–Kier alpha value is -3.34. The highest BCUT2D eigenvalue weighted by atomic mass is 15.1. The average molecular weight is 357 g/mol. The van der Waals surface area contributed by atoms with E-state index >= 15 is 0 Å². The lowest BCUT2D eigenvalue weighted by atomic mass is 10.1. The largest absolute Gasteiger partial charge is 0.399 e. The van der Waals surface area contributed by atoms with Crippen molar-refractivity contribution in [3.05, 3.63) is 60.7 Å². The van der Waals surface area contributed by atoms with Gasteiger partial charge in [-0.2, -0.15) is 5.11 Å². The van der Waals surface area contributed by atoms with Gasteiger partial charge < -0.3 is 15.2 Å². The zero-order chi connectivity index (χ0) is 19.0. The monoisotopic (exact) mass is 357 g/mol. The Morgan fingerprint density at radius 1 is 0.889 bits per heavy atom. The first kappa shape index (κ1) is 17.1. The van der Waals surface area contributed by atoms with Crippen LogP contribution >= 0.6 is 0 Å². The van der Waals surface area contributed by atoms with Crippen LogP contribution in [0.5, 0.6) is 0 Å². The van der Waals surface area contributed by atoms with E-state index in [2.05, 4.69) is 58.1 Å². The highest BCUT2D eigenvalue weighted by molar-refractivity contribution is 6.08. The summed E-state index contributed by atoms with van der Waals surface area (Å²) in [7, 11) is 3.96. The molecule has 4 aromatic rings. The molecule has 0 saturated carbocycles. The Labute approximate surface area is 158 Å². The van der Waals surface area contributed by atoms with Gasteiger partial charge in [-0.05, 0) is 49.4 Å². The van der Waals surface area contributed by atoms with Gasteiger partial charge in [0.25, 0.3) is 0 Å². The van der Waals surface area contributed by atoms with Crippen LogP contribution in [0.1, 0.15) is 6.92 Å². The molecule has 0 aliphatic rings. The summed E-state index contributed by atoms with van der Waals surface area (Å²) in [6, 6.07) is 20.4. The minimum absolute atomic E-state index is 0.677. The molecule has 5 nitrogen and oxygen atoms in total. The van der Waals surface area contributed by atoms with Gasteiger partial charge in [-0.15, -0.1) is 5.11 Å². The maximum atomic E-state index is 5.93. The first-order valence-corrected chi connectivity index (χ1v) is 9.08. The first-order chi connectivity index (χ1) is 13.1. The molecule has 0 spiro atoms. The molecule has 3 aromatic carbocycles. The number of nitrogens with two attached hydrogens (primary N) is 1. The molecule has 0 radical (unpaired) electrons. The van der Waals surface area contributed by atoms with E-state index in [0.717, 1.165) is 23.6 Å². The van der Waals surface area contributed by atoms with Crippen molar-refractivity contribution in [2.24, 2.45) is 10.2 Å². The van der Waals surface area contributed by atoms with Crippen molar-refractivity contribution in [1.29, 1.82) is 0 Å². The molecule has 0 amide bonds. The molecule has 0 aliphatic heterocycles. The van der Waals surface area contributed by atoms with Crippen molar-refractivity contribution in [3.8, 4) is 0 Å². The fourth-order valence-electron chi connectivity index (χ4n) is 3.55. The second-order valence-corrected chi connectivity index (χ2v) is 6.81. The smallest absolute Gasteiger partial charge is 0.111 e. The zero-order valence-electron chi connectivity index (χ0n) is 15.8. The van der Waals surface area contributed by atoms with Crippen LogP contribution in [-0.4, -0.2) is 18.7 Å². The van der Waals surface area contributed by atoms with Crippen LogP contribution in [0.25, 0.3) is 21.8 Å². The molecule has 4 rings (SSSR count). The molecule has 0 bridgehead atoms. The SMILES string of the molecule is CCn1c2ccccc2c2cc(N=Nc3cc(N)ccc3N(C)C)ccc21. The Balaban J connectivity index is 1.81. The number of nitrogen functional groups attached to an aromatic ring is 1. The minimum atomic E-state index is 0.677. The number of fused-ring (bicyclic) bond motifs is 3. The summed E-state index contributed by atoms with van der Waals surface area (Å²) in [5.41, 5.74) is 11.6. The lowest BCUT2D eigenvalue weighted by molar-refractivity contribution is 0.827. The molecule has 2 N–H and O–H groups in total. The number of aromatic nitrogens is 1. The Morgan fingerprint density at radius 3 is 2.44 bits per heavy atom. The molecule has 0 aliphatic carbocycles. The van der Waals surface area contributed by atoms with Crippen LogP contribution in [0.3, 0.4) is 0 Å². The Bertz CT molecular complexity index is 1150. The highest BCUT2D eigenvalue weighted by Crippen LogP contribution is 2.34. The van der Waals surface area contributed by atoms with E-state index in [1.54, 1.807) is 0 Å². The number of hydrogen-bond acceptors (Lipinski definition) is 4. The first-order valence-electron chi connectivity index (χ1n) is 9.08. The lowest BCUT2D eigenvalue weighted by Crippen LogP contribution is -2.08. The maximum absolute atomic E-state index is 5.93. The van der Waals surface area contributed by atoms with E-state index in [-0.39, 0.29) is 0 Å². The van der Waals surface area contributed by atoms with Gasteiger partial charge in [0.1, 0.15) is 5.69 Å². The molecule has 27 heavy (non-hydrogen) atoms. The maximum Gasteiger partial charge on any atom is 0.111 e. The van der Waals surface area contributed by atoms with Crippen molar-refractivity contribution < 1.29 is 0 Å². The number of benzene rings is 3. The van der Waals surface area contributed by atoms with E-state index in [0.29, 0.717) is 5.69 Å². The van der Waals surface area contributed by atoms with E-state index in [1.165, 1.54) is 21.8 Å². The summed E-state index contributed by atoms with van der Waals surface area (Å²) in [6.07, 6.45) is 0. The van der Waals surface area contributed by atoms with Crippen LogP contribution < -0.4 is 10.6 Å². The molecule has 1 heterocycles. The number of azo groups is 1. The number of hydrogen-bond donors (Lipinski definition) is 1. The standard InChI is InChI=1S/C22H23N5/c1-4-27-20-8-6-5-7-17(20)18-14-16(10-12-21(18)27)24-25-19-13-15(23)9-11-22(19)26(2)3/h5-14H,4,23H2,1-3H3. The van der Waals surface area contributed by atoms with Crippen molar-refractivity contribution >= 4 is 44.6 Å². The van der Waals surface area contributed by atoms with E-state index in [9.17, 15) is 0 Å². The third kappa shape index (κ3) is 3.01. The van der Waals surface area contributed by atoms with Crippen molar-refractivity contribution in [2.45, 2.75) is 13.5 Å². The van der Waals surface area contributed by atoms with Crippen LogP contribution in [-0.2, 0) is 6.54 Å². The van der Waals surface area contributed by atoms with Gasteiger partial charge in [0.05, 0.1) is 11.4 Å². The fourth-order valence-corrected chi connectivity index (χ4v) is 3.55. The van der Waals surface area contributed by atoms with Gasteiger partial charge in [-0.3, -0.25) is 0 Å². The summed E-state index contributed by atoms with van der Waals surface area (Å²) in [5, 5.41) is 11.4. The van der Waals surface area contributed by atoms with Gasteiger partial charge in [0.15, 0.2) is 0 Å². The predicted molar refractivity (Wildman–Crippen MR) is 114 cm³/mol. The second kappa shape index (κ2) is 6.76. The van der Waals surface area contributed by atoms with Crippen LogP contribution in [0.2, 0.25) is 0 Å². The molecule has 136 valence electrons. The van der Waals surface area contributed by atoms with Crippen LogP contribution in [0.4, 0.5) is 22.7 Å². The van der Waals surface area contributed by atoms with Crippen LogP contribution in [0, 0.1) is 0 Å². The second-order valence-electron chi connectivity index (χ2n) is 6.81. The van der Waals surface area contributed by atoms with Gasteiger partial charge in [-0.1, -0.05) is 18.2 Å². The van der Waals surface area contributed by atoms with E-state index < -0.39 is 0 Å². The van der Waals surface area contributed by atoms with Gasteiger partial charge in [-0.25, -0.2) is 0 Å². The predicted octanol–water partition coefficient (Wildman–Crippen LogP) is 5.88. The average Bonchev–Trinajstić information content (AvgIpc) is 2.99. The number of anilines is 2. The fraction of sp³-hybridized carbons (Fsp3) is 0.182. The van der Waals surface area contributed by atoms with Gasteiger partial charge in [0.2, 0.25) is 0 Å². The molecule has 1 aromatic heterocycles. The highest BCUT2D eigenvalue weighted by Gasteiger charge is 2.10. The van der Waals surface area contributed by atoms with Gasteiger partial charge >= 0.3 is 0 Å². The summed E-state index contributed by atoms with van der Waals surface area (Å²) in [4.78, 5) is 2.01. The summed E-state index contributed by atoms with van der Waals surface area (Å²) in [5.74, 6) is 0. The summed E-state index contributed by atoms with van der Waals surface area (Å²) < 4.78 is 2.33. The normalized spacial score (nSPS) is 11.7. The third-order valence-corrected chi connectivity index (χ3v) is 4.83. The van der Waals surface area contributed by atoms with Crippen LogP contribution in [0.15, 0.2) is 70.9 Å². The molecule has 0 unspecified atom stereocenters.